The van der Waals surface area contributed by atoms with Gasteiger partial charge in [-0.2, -0.15) is 0 Å². The van der Waals surface area contributed by atoms with Gasteiger partial charge in [-0.3, -0.25) is 0 Å². The molecule has 0 saturated carbocycles. The lowest BCUT2D eigenvalue weighted by atomic mass is 10.2. The lowest BCUT2D eigenvalue weighted by molar-refractivity contribution is 0.300. The van der Waals surface area contributed by atoms with Crippen molar-refractivity contribution in [1.29, 1.82) is 0 Å². The summed E-state index contributed by atoms with van der Waals surface area (Å²) in [5.74, 6) is 0.834. The predicted octanol–water partition coefficient (Wildman–Crippen LogP) is 4.09. The highest BCUT2D eigenvalue weighted by Gasteiger charge is 2.04. The third-order valence-electron chi connectivity index (χ3n) is 2.92. The second kappa shape index (κ2) is 4.97. The Morgan fingerprint density at radius 3 is 2.79 bits per heavy atom. The number of aromatic nitrogens is 1. The molecule has 0 unspecified atom stereocenters. The van der Waals surface area contributed by atoms with E-state index >= 15 is 0 Å². The van der Waals surface area contributed by atoms with E-state index < -0.39 is 0 Å². The van der Waals surface area contributed by atoms with Crippen molar-refractivity contribution in [3.8, 4) is 5.75 Å². The van der Waals surface area contributed by atoms with Crippen molar-refractivity contribution < 1.29 is 4.74 Å². The molecule has 19 heavy (non-hydrogen) atoms. The summed E-state index contributed by atoms with van der Waals surface area (Å²) in [7, 11) is 0. The minimum atomic E-state index is 0.497. The highest BCUT2D eigenvalue weighted by atomic mass is 79.9. The van der Waals surface area contributed by atoms with Crippen molar-refractivity contribution in [3.05, 3.63) is 58.7 Å². The van der Waals surface area contributed by atoms with E-state index in [2.05, 4.69) is 27.0 Å². The van der Waals surface area contributed by atoms with Crippen molar-refractivity contribution in [2.75, 3.05) is 5.73 Å². The molecule has 1 aromatic heterocycles. The Morgan fingerprint density at radius 1 is 1.11 bits per heavy atom. The van der Waals surface area contributed by atoms with E-state index in [-0.39, 0.29) is 0 Å². The number of hydrogen-bond acceptors (Lipinski definition) is 2. The van der Waals surface area contributed by atoms with Crippen LogP contribution >= 0.6 is 15.9 Å². The average Bonchev–Trinajstić information content (AvgIpc) is 2.79. The van der Waals surface area contributed by atoms with Gasteiger partial charge in [0.25, 0.3) is 0 Å². The number of rotatable bonds is 3. The molecule has 0 aliphatic heterocycles. The zero-order valence-corrected chi connectivity index (χ0v) is 11.8. The Balaban J connectivity index is 1.80. The lowest BCUT2D eigenvalue weighted by Gasteiger charge is -2.06. The molecule has 3 rings (SSSR count). The van der Waals surface area contributed by atoms with Crippen molar-refractivity contribution in [2.24, 2.45) is 0 Å². The maximum atomic E-state index is 5.77. The summed E-state index contributed by atoms with van der Waals surface area (Å²) in [6.07, 6.45) is 0. The van der Waals surface area contributed by atoms with Crippen LogP contribution in [0.1, 0.15) is 5.69 Å². The first-order chi connectivity index (χ1) is 9.22. The van der Waals surface area contributed by atoms with Crippen LogP contribution in [0.2, 0.25) is 0 Å². The number of halogens is 1. The largest absolute Gasteiger partial charge is 0.486 e. The first-order valence-electron chi connectivity index (χ1n) is 5.97. The number of aromatic amines is 1. The molecular weight excluding hydrogens is 304 g/mol. The van der Waals surface area contributed by atoms with E-state index in [0.29, 0.717) is 6.61 Å². The molecule has 0 bridgehead atoms. The van der Waals surface area contributed by atoms with Gasteiger partial charge < -0.3 is 15.5 Å². The van der Waals surface area contributed by atoms with Crippen molar-refractivity contribution in [3.63, 3.8) is 0 Å². The fourth-order valence-electron chi connectivity index (χ4n) is 2.00. The summed E-state index contributed by atoms with van der Waals surface area (Å²) in [4.78, 5) is 3.31. The second-order valence-electron chi connectivity index (χ2n) is 4.36. The van der Waals surface area contributed by atoms with Crippen LogP contribution < -0.4 is 10.5 Å². The molecule has 0 spiro atoms. The second-order valence-corrected chi connectivity index (χ2v) is 5.21. The number of ether oxygens (including phenoxy) is 1. The Morgan fingerprint density at radius 2 is 1.95 bits per heavy atom. The topological polar surface area (TPSA) is 51.0 Å². The number of H-pyrrole nitrogens is 1. The van der Waals surface area contributed by atoms with Gasteiger partial charge in [0.1, 0.15) is 12.4 Å². The van der Waals surface area contributed by atoms with Gasteiger partial charge in [-0.05, 0) is 51.6 Å². The Hall–Kier alpha value is -1.94. The van der Waals surface area contributed by atoms with Crippen LogP contribution in [-0.4, -0.2) is 4.98 Å². The van der Waals surface area contributed by atoms with E-state index in [0.717, 1.165) is 32.5 Å². The minimum Gasteiger partial charge on any atom is -0.486 e. The third kappa shape index (κ3) is 2.58. The van der Waals surface area contributed by atoms with Crippen LogP contribution in [0.25, 0.3) is 10.9 Å². The summed E-state index contributed by atoms with van der Waals surface area (Å²) < 4.78 is 6.73. The first kappa shape index (κ1) is 12.1. The molecule has 0 atom stereocenters. The molecule has 1 heterocycles. The molecule has 3 aromatic rings. The van der Waals surface area contributed by atoms with Gasteiger partial charge in [-0.15, -0.1) is 0 Å². The number of hydrogen-bond donors (Lipinski definition) is 2. The quantitative estimate of drug-likeness (QED) is 0.715. The molecule has 0 radical (unpaired) electrons. The highest BCUT2D eigenvalue weighted by molar-refractivity contribution is 9.10. The molecule has 4 heteroatoms. The molecule has 2 aromatic carbocycles. The maximum absolute atomic E-state index is 5.77. The standard InChI is InChI=1S/C15H13BrN2O/c16-13-3-1-2-4-15(13)19-9-12-7-10-5-6-11(17)8-14(10)18-12/h1-8,18H,9,17H2. The molecule has 0 amide bonds. The van der Waals surface area contributed by atoms with Gasteiger partial charge in [0.15, 0.2) is 0 Å². The van der Waals surface area contributed by atoms with Gasteiger partial charge in [0.05, 0.1) is 10.2 Å². The zero-order valence-electron chi connectivity index (χ0n) is 10.2. The smallest absolute Gasteiger partial charge is 0.134 e. The molecular formula is C15H13BrN2O. The summed E-state index contributed by atoms with van der Waals surface area (Å²) in [5, 5.41) is 1.14. The summed E-state index contributed by atoms with van der Waals surface area (Å²) >= 11 is 3.46. The van der Waals surface area contributed by atoms with Crippen LogP contribution in [0, 0.1) is 0 Å². The van der Waals surface area contributed by atoms with Crippen LogP contribution in [-0.2, 0) is 6.61 Å². The van der Waals surface area contributed by atoms with E-state index in [9.17, 15) is 0 Å². The van der Waals surface area contributed by atoms with E-state index in [4.69, 9.17) is 10.5 Å². The fraction of sp³-hybridized carbons (Fsp3) is 0.0667. The van der Waals surface area contributed by atoms with Gasteiger partial charge in [0, 0.05) is 11.2 Å². The van der Waals surface area contributed by atoms with Crippen LogP contribution in [0.3, 0.4) is 0 Å². The van der Waals surface area contributed by atoms with Gasteiger partial charge in [-0.1, -0.05) is 18.2 Å². The van der Waals surface area contributed by atoms with Gasteiger partial charge in [0.2, 0.25) is 0 Å². The number of nitrogens with two attached hydrogens (primary N) is 1. The minimum absolute atomic E-state index is 0.497. The van der Waals surface area contributed by atoms with Crippen LogP contribution in [0.15, 0.2) is 53.0 Å². The SMILES string of the molecule is Nc1ccc2cc(COc3ccccc3Br)[nH]c2c1. The Bertz CT molecular complexity index is 721. The first-order valence-corrected chi connectivity index (χ1v) is 6.76. The van der Waals surface area contributed by atoms with E-state index in [1.807, 2.05) is 42.5 Å². The van der Waals surface area contributed by atoms with Gasteiger partial charge >= 0.3 is 0 Å². The van der Waals surface area contributed by atoms with E-state index in [1.165, 1.54) is 0 Å². The van der Waals surface area contributed by atoms with Crippen molar-refractivity contribution >= 4 is 32.5 Å². The molecule has 96 valence electrons. The number of benzene rings is 2. The molecule has 3 N–H and O–H groups in total. The van der Waals surface area contributed by atoms with Crippen molar-refractivity contribution in [1.82, 2.24) is 4.98 Å². The van der Waals surface area contributed by atoms with Crippen molar-refractivity contribution in [2.45, 2.75) is 6.61 Å². The Labute approximate surface area is 119 Å². The molecule has 0 aliphatic carbocycles. The predicted molar refractivity (Wildman–Crippen MR) is 81.2 cm³/mol. The van der Waals surface area contributed by atoms with Crippen LogP contribution in [0.5, 0.6) is 5.75 Å². The molecule has 0 aliphatic rings. The normalized spacial score (nSPS) is 10.8. The third-order valence-corrected chi connectivity index (χ3v) is 3.58. The molecule has 3 nitrogen and oxygen atoms in total. The summed E-state index contributed by atoms with van der Waals surface area (Å²) in [6.45, 7) is 0.497. The highest BCUT2D eigenvalue weighted by Crippen LogP contribution is 2.25. The van der Waals surface area contributed by atoms with Gasteiger partial charge in [-0.25, -0.2) is 0 Å². The lowest BCUT2D eigenvalue weighted by Crippen LogP contribution is -1.95. The number of anilines is 1. The maximum Gasteiger partial charge on any atom is 0.134 e. The number of nitrogen functional groups attached to an aromatic ring is 1. The monoisotopic (exact) mass is 316 g/mol. The fourth-order valence-corrected chi connectivity index (χ4v) is 2.40. The number of fused-ring (bicyclic) bond motifs is 1. The summed E-state index contributed by atoms with van der Waals surface area (Å²) in [6, 6.07) is 15.7. The summed E-state index contributed by atoms with van der Waals surface area (Å²) in [5.41, 5.74) is 8.58. The molecule has 0 saturated heterocycles. The number of nitrogens with one attached hydrogen (secondary N) is 1. The van der Waals surface area contributed by atoms with E-state index in [1.54, 1.807) is 0 Å². The zero-order chi connectivity index (χ0) is 13.2. The average molecular weight is 317 g/mol. The number of para-hydroxylation sites is 1. The molecule has 0 fully saturated rings. The van der Waals surface area contributed by atoms with Crippen LogP contribution in [0.4, 0.5) is 5.69 Å². The Kier molecular flexibility index (Phi) is 3.17.